The summed E-state index contributed by atoms with van der Waals surface area (Å²) in [6.07, 6.45) is 1.82. The van der Waals surface area contributed by atoms with Crippen molar-refractivity contribution in [1.29, 1.82) is 0 Å². The zero-order chi connectivity index (χ0) is 16.0. The van der Waals surface area contributed by atoms with Crippen molar-refractivity contribution < 1.29 is 8.96 Å². The molecule has 0 bridgehead atoms. The third-order valence-electron chi connectivity index (χ3n) is 4.39. The first-order valence-electron chi connectivity index (χ1n) is 7.42. The number of nitrogens with zero attached hydrogens (tertiary/aromatic N) is 2. The maximum absolute atomic E-state index is 14.1. The van der Waals surface area contributed by atoms with Gasteiger partial charge in [-0.05, 0) is 67.6 Å². The van der Waals surface area contributed by atoms with Gasteiger partial charge in [0.1, 0.15) is 11.5 Å². The van der Waals surface area contributed by atoms with Gasteiger partial charge in [0.2, 0.25) is 0 Å². The molecule has 0 fully saturated rings. The van der Waals surface area contributed by atoms with Gasteiger partial charge in [0, 0.05) is 5.56 Å². The average molecular weight is 295 g/mol. The predicted molar refractivity (Wildman–Crippen MR) is 87.3 cm³/mol. The van der Waals surface area contributed by atoms with Crippen molar-refractivity contribution in [3.8, 4) is 11.3 Å². The molecule has 0 saturated carbocycles. The van der Waals surface area contributed by atoms with Gasteiger partial charge in [0.25, 0.3) is 6.33 Å². The van der Waals surface area contributed by atoms with Crippen LogP contribution in [0.2, 0.25) is 0 Å². The zero-order valence-electron chi connectivity index (χ0n) is 13.7. The lowest BCUT2D eigenvalue weighted by atomic mass is 9.94. The number of hydrogen-bond acceptors (Lipinski definition) is 1. The van der Waals surface area contributed by atoms with Gasteiger partial charge in [-0.3, -0.25) is 0 Å². The second-order valence-electron chi connectivity index (χ2n) is 6.03. The van der Waals surface area contributed by atoms with Crippen molar-refractivity contribution in [3.63, 3.8) is 0 Å². The van der Waals surface area contributed by atoms with Gasteiger partial charge in [0.15, 0.2) is 5.52 Å². The Kier molecular flexibility index (Phi) is 3.44. The number of rotatable bonds is 1. The molecule has 112 valence electrons. The molecule has 0 spiro atoms. The lowest BCUT2D eigenvalue weighted by molar-refractivity contribution is -0.662. The van der Waals surface area contributed by atoms with Crippen molar-refractivity contribution in [1.82, 2.24) is 4.98 Å². The monoisotopic (exact) mass is 295 g/mol. The number of aromatic nitrogens is 2. The minimum atomic E-state index is -0.113. The molecule has 0 N–H and O–H groups in total. The largest absolute Gasteiger partial charge is 0.287 e. The Bertz CT molecular complexity index is 893. The van der Waals surface area contributed by atoms with E-state index >= 15 is 0 Å². The summed E-state index contributed by atoms with van der Waals surface area (Å²) in [4.78, 5) is 4.49. The smallest absolute Gasteiger partial charge is 0.232 e. The summed E-state index contributed by atoms with van der Waals surface area (Å²) >= 11 is 0. The van der Waals surface area contributed by atoms with Crippen molar-refractivity contribution in [2.24, 2.45) is 7.05 Å². The van der Waals surface area contributed by atoms with Gasteiger partial charge < -0.3 is 0 Å². The maximum Gasteiger partial charge on any atom is 0.287 e. The predicted octanol–water partition coefficient (Wildman–Crippen LogP) is 4.10. The fraction of sp³-hybridized carbons (Fsp3) is 0.263. The summed E-state index contributed by atoms with van der Waals surface area (Å²) in [5, 5.41) is 1.10. The van der Waals surface area contributed by atoms with E-state index in [2.05, 4.69) is 24.0 Å². The molecule has 0 saturated heterocycles. The van der Waals surface area contributed by atoms with Crippen molar-refractivity contribution in [2.45, 2.75) is 27.7 Å². The van der Waals surface area contributed by atoms with Gasteiger partial charge in [0.05, 0.1) is 12.4 Å². The molecular weight excluding hydrogens is 275 g/mol. The molecule has 1 heterocycles. The lowest BCUT2D eigenvalue weighted by Crippen LogP contribution is -2.32. The van der Waals surface area contributed by atoms with Crippen LogP contribution in [0.25, 0.3) is 22.2 Å². The van der Waals surface area contributed by atoms with E-state index in [0.717, 1.165) is 27.7 Å². The molecule has 0 atom stereocenters. The summed E-state index contributed by atoms with van der Waals surface area (Å²) in [5.41, 5.74) is 6.66. The molecule has 1 aromatic heterocycles. The number of hydrogen-bond donors (Lipinski definition) is 0. The third kappa shape index (κ3) is 2.17. The summed E-state index contributed by atoms with van der Waals surface area (Å²) < 4.78 is 16.2. The summed E-state index contributed by atoms with van der Waals surface area (Å²) in [6.45, 7) is 7.72. The highest BCUT2D eigenvalue weighted by molar-refractivity contribution is 5.92. The van der Waals surface area contributed by atoms with Gasteiger partial charge in [-0.1, -0.05) is 11.6 Å². The fourth-order valence-corrected chi connectivity index (χ4v) is 2.98. The molecular formula is C19H20FN2+. The van der Waals surface area contributed by atoms with Gasteiger partial charge in [-0.25, -0.2) is 8.96 Å². The molecule has 3 aromatic rings. The molecule has 0 amide bonds. The van der Waals surface area contributed by atoms with Crippen LogP contribution in [0.5, 0.6) is 0 Å². The SMILES string of the molecule is Cc1ccc2nc[n+](C)c(-c3cc(C)c(F)c(C)c3C)c2c1. The first-order chi connectivity index (χ1) is 10.4. The van der Waals surface area contributed by atoms with Crippen molar-refractivity contribution in [3.05, 3.63) is 58.7 Å². The van der Waals surface area contributed by atoms with Gasteiger partial charge in [-0.2, -0.15) is 0 Å². The normalized spacial score (nSPS) is 11.2. The molecule has 0 aliphatic heterocycles. The average Bonchev–Trinajstić information content (AvgIpc) is 2.49. The molecule has 0 unspecified atom stereocenters. The van der Waals surface area contributed by atoms with Crippen LogP contribution in [0.15, 0.2) is 30.6 Å². The number of halogens is 1. The van der Waals surface area contributed by atoms with Crippen LogP contribution in [0.4, 0.5) is 4.39 Å². The minimum Gasteiger partial charge on any atom is -0.232 e. The fourth-order valence-electron chi connectivity index (χ4n) is 2.98. The highest BCUT2D eigenvalue weighted by Crippen LogP contribution is 2.31. The van der Waals surface area contributed by atoms with Crippen LogP contribution in [-0.2, 0) is 7.05 Å². The molecule has 22 heavy (non-hydrogen) atoms. The minimum absolute atomic E-state index is 0.113. The lowest BCUT2D eigenvalue weighted by Gasteiger charge is -2.13. The highest BCUT2D eigenvalue weighted by Gasteiger charge is 2.19. The highest BCUT2D eigenvalue weighted by atomic mass is 19.1. The molecule has 0 aliphatic carbocycles. The van der Waals surface area contributed by atoms with Crippen molar-refractivity contribution in [2.75, 3.05) is 0 Å². The summed E-state index contributed by atoms with van der Waals surface area (Å²) in [5.74, 6) is -0.113. The molecule has 0 radical (unpaired) electrons. The Morgan fingerprint density at radius 1 is 1.00 bits per heavy atom. The Morgan fingerprint density at radius 2 is 1.73 bits per heavy atom. The van der Waals surface area contributed by atoms with Crippen LogP contribution in [0.1, 0.15) is 22.3 Å². The topological polar surface area (TPSA) is 16.8 Å². The number of fused-ring (bicyclic) bond motifs is 1. The Hall–Kier alpha value is -2.29. The van der Waals surface area contributed by atoms with E-state index in [9.17, 15) is 4.39 Å². The number of aryl methyl sites for hydroxylation is 3. The van der Waals surface area contributed by atoms with E-state index in [4.69, 9.17) is 0 Å². The van der Waals surface area contributed by atoms with Crippen LogP contribution < -0.4 is 4.57 Å². The van der Waals surface area contributed by atoms with E-state index in [1.165, 1.54) is 5.56 Å². The number of benzene rings is 2. The molecule has 2 nitrogen and oxygen atoms in total. The summed E-state index contributed by atoms with van der Waals surface area (Å²) in [6, 6.07) is 8.18. The zero-order valence-corrected chi connectivity index (χ0v) is 13.7. The van der Waals surface area contributed by atoms with Crippen molar-refractivity contribution >= 4 is 10.9 Å². The quantitative estimate of drug-likeness (QED) is 0.618. The molecule has 2 aromatic carbocycles. The standard InChI is InChI=1S/C19H20FN2/c1-11-6-7-17-16(8-11)19(22(5)10-21-17)15-9-12(2)18(20)14(4)13(15)3/h6-10H,1-5H3/q+1. The Labute approximate surface area is 130 Å². The van der Waals surface area contributed by atoms with Gasteiger partial charge >= 0.3 is 0 Å². The molecule has 3 heteroatoms. The third-order valence-corrected chi connectivity index (χ3v) is 4.39. The van der Waals surface area contributed by atoms with E-state index in [-0.39, 0.29) is 5.82 Å². The second-order valence-corrected chi connectivity index (χ2v) is 6.03. The van der Waals surface area contributed by atoms with E-state index in [0.29, 0.717) is 11.1 Å². The van der Waals surface area contributed by atoms with E-state index in [1.54, 1.807) is 0 Å². The van der Waals surface area contributed by atoms with Crippen LogP contribution in [0.3, 0.4) is 0 Å². The van der Waals surface area contributed by atoms with Crippen LogP contribution in [-0.4, -0.2) is 4.98 Å². The van der Waals surface area contributed by atoms with E-state index < -0.39 is 0 Å². The van der Waals surface area contributed by atoms with Crippen LogP contribution in [0, 0.1) is 33.5 Å². The molecule has 3 rings (SSSR count). The van der Waals surface area contributed by atoms with Gasteiger partial charge in [-0.15, -0.1) is 0 Å². The Morgan fingerprint density at radius 3 is 2.45 bits per heavy atom. The first-order valence-corrected chi connectivity index (χ1v) is 7.42. The second kappa shape index (κ2) is 5.16. The van der Waals surface area contributed by atoms with Crippen LogP contribution >= 0.6 is 0 Å². The summed E-state index contributed by atoms with van der Waals surface area (Å²) in [7, 11) is 1.98. The van der Waals surface area contributed by atoms with E-state index in [1.807, 2.05) is 50.8 Å². The maximum atomic E-state index is 14.1. The first kappa shape index (κ1) is 14.6. The Balaban J connectivity index is 2.45. The molecule has 0 aliphatic rings.